The highest BCUT2D eigenvalue weighted by molar-refractivity contribution is 5.24. The predicted octanol–water partition coefficient (Wildman–Crippen LogP) is 2.42. The van der Waals surface area contributed by atoms with Crippen molar-refractivity contribution >= 4 is 0 Å². The van der Waals surface area contributed by atoms with Crippen LogP contribution in [0.4, 0.5) is 0 Å². The van der Waals surface area contributed by atoms with Gasteiger partial charge in [0.1, 0.15) is 6.10 Å². The standard InChI is InChI=1S/C20H34O4/c1-13(9-12-21)7-8-14-19(4)11-6-10-18(2,3)16(19)15(22)17(23)20(14,5)24/h7-9,14-17,21-24H,6,10-12H2,1-5H3/t14-,15-,16+,17+,19-,20+/m1/s1. The first kappa shape index (κ1) is 19.6. The average molecular weight is 338 g/mol. The lowest BCUT2D eigenvalue weighted by Crippen LogP contribution is -2.69. The third-order valence-electron chi connectivity index (χ3n) is 6.66. The molecule has 2 saturated carbocycles. The molecule has 6 atom stereocenters. The van der Waals surface area contributed by atoms with E-state index in [-0.39, 0.29) is 29.3 Å². The molecule has 0 aromatic heterocycles. The van der Waals surface area contributed by atoms with Crippen molar-refractivity contribution in [1.29, 1.82) is 0 Å². The largest absolute Gasteiger partial charge is 0.392 e. The van der Waals surface area contributed by atoms with Crippen molar-refractivity contribution in [2.75, 3.05) is 6.61 Å². The lowest BCUT2D eigenvalue weighted by atomic mass is 9.44. The number of allylic oxidation sites excluding steroid dienone is 2. The van der Waals surface area contributed by atoms with Gasteiger partial charge in [-0.2, -0.15) is 0 Å². The van der Waals surface area contributed by atoms with E-state index in [2.05, 4.69) is 20.8 Å². The average Bonchev–Trinajstić information content (AvgIpc) is 2.44. The SMILES string of the molecule is CC(C=C[C@H]1[C@](C)(O)[C@@H](O)[C@H](O)[C@H]2C(C)(C)CCC[C@@]21C)=CCO. The molecule has 0 bridgehead atoms. The lowest BCUT2D eigenvalue weighted by Gasteiger charge is -2.63. The van der Waals surface area contributed by atoms with E-state index in [4.69, 9.17) is 5.11 Å². The third-order valence-corrected chi connectivity index (χ3v) is 6.66. The van der Waals surface area contributed by atoms with E-state index in [9.17, 15) is 15.3 Å². The summed E-state index contributed by atoms with van der Waals surface area (Å²) >= 11 is 0. The van der Waals surface area contributed by atoms with Gasteiger partial charge in [0.25, 0.3) is 0 Å². The minimum absolute atomic E-state index is 0.0223. The first-order valence-electron chi connectivity index (χ1n) is 9.03. The lowest BCUT2D eigenvalue weighted by molar-refractivity contribution is -0.255. The summed E-state index contributed by atoms with van der Waals surface area (Å²) in [5.41, 5.74) is -0.857. The topological polar surface area (TPSA) is 80.9 Å². The van der Waals surface area contributed by atoms with Gasteiger partial charge in [0, 0.05) is 5.92 Å². The molecule has 0 heterocycles. The van der Waals surface area contributed by atoms with Gasteiger partial charge in [-0.25, -0.2) is 0 Å². The summed E-state index contributed by atoms with van der Waals surface area (Å²) in [5, 5.41) is 41.5. The number of hydrogen-bond acceptors (Lipinski definition) is 4. The molecular weight excluding hydrogens is 304 g/mol. The van der Waals surface area contributed by atoms with E-state index >= 15 is 0 Å². The minimum atomic E-state index is -1.39. The second-order valence-electron chi connectivity index (χ2n) is 8.95. The molecule has 0 spiro atoms. The van der Waals surface area contributed by atoms with E-state index in [0.717, 1.165) is 24.8 Å². The Labute approximate surface area is 145 Å². The fourth-order valence-corrected chi connectivity index (χ4v) is 5.58. The zero-order valence-corrected chi connectivity index (χ0v) is 15.7. The van der Waals surface area contributed by atoms with Gasteiger partial charge < -0.3 is 20.4 Å². The maximum atomic E-state index is 11.1. The molecular formula is C20H34O4. The number of rotatable bonds is 3. The van der Waals surface area contributed by atoms with Crippen molar-refractivity contribution in [1.82, 2.24) is 0 Å². The zero-order chi connectivity index (χ0) is 18.3. The van der Waals surface area contributed by atoms with E-state index in [1.165, 1.54) is 0 Å². The second-order valence-corrected chi connectivity index (χ2v) is 8.95. The van der Waals surface area contributed by atoms with Gasteiger partial charge in [-0.05, 0) is 43.4 Å². The molecule has 0 aliphatic heterocycles. The van der Waals surface area contributed by atoms with E-state index in [1.54, 1.807) is 13.0 Å². The minimum Gasteiger partial charge on any atom is -0.392 e. The van der Waals surface area contributed by atoms with Crippen LogP contribution in [-0.4, -0.2) is 44.8 Å². The Balaban J connectivity index is 2.50. The van der Waals surface area contributed by atoms with Gasteiger partial charge >= 0.3 is 0 Å². The van der Waals surface area contributed by atoms with Gasteiger partial charge in [0.05, 0.1) is 18.3 Å². The zero-order valence-electron chi connectivity index (χ0n) is 15.7. The summed E-state index contributed by atoms with van der Waals surface area (Å²) in [5.74, 6) is -0.347. The molecule has 2 aliphatic carbocycles. The van der Waals surface area contributed by atoms with Crippen LogP contribution in [0.25, 0.3) is 0 Å². The van der Waals surface area contributed by atoms with Gasteiger partial charge in [-0.3, -0.25) is 0 Å². The maximum absolute atomic E-state index is 11.1. The van der Waals surface area contributed by atoms with Crippen LogP contribution < -0.4 is 0 Å². The van der Waals surface area contributed by atoms with Crippen LogP contribution in [0.1, 0.15) is 53.9 Å². The van der Waals surface area contributed by atoms with Crippen molar-refractivity contribution in [3.8, 4) is 0 Å². The fourth-order valence-electron chi connectivity index (χ4n) is 5.58. The highest BCUT2D eigenvalue weighted by Crippen LogP contribution is 2.62. The normalized spacial score (nSPS) is 46.1. The van der Waals surface area contributed by atoms with Crippen LogP contribution in [0.2, 0.25) is 0 Å². The molecule has 2 fully saturated rings. The highest BCUT2D eigenvalue weighted by atomic mass is 16.4. The molecule has 0 unspecified atom stereocenters. The van der Waals surface area contributed by atoms with Gasteiger partial charge in [0.2, 0.25) is 0 Å². The molecule has 2 aliphatic rings. The van der Waals surface area contributed by atoms with Crippen molar-refractivity contribution in [3.05, 3.63) is 23.8 Å². The molecule has 24 heavy (non-hydrogen) atoms. The molecule has 0 amide bonds. The van der Waals surface area contributed by atoms with Crippen LogP contribution in [0, 0.1) is 22.7 Å². The summed E-state index contributed by atoms with van der Waals surface area (Å²) in [4.78, 5) is 0. The molecule has 4 heteroatoms. The first-order valence-corrected chi connectivity index (χ1v) is 9.03. The fraction of sp³-hybridized carbons (Fsp3) is 0.800. The molecule has 138 valence electrons. The van der Waals surface area contributed by atoms with Crippen molar-refractivity contribution in [2.24, 2.45) is 22.7 Å². The monoisotopic (exact) mass is 338 g/mol. The summed E-state index contributed by atoms with van der Waals surface area (Å²) < 4.78 is 0. The van der Waals surface area contributed by atoms with Gasteiger partial charge in [-0.15, -0.1) is 0 Å². The molecule has 2 rings (SSSR count). The summed E-state index contributed by atoms with van der Waals surface area (Å²) in [7, 11) is 0. The summed E-state index contributed by atoms with van der Waals surface area (Å²) in [6.45, 7) is 9.96. The molecule has 0 aromatic rings. The summed E-state index contributed by atoms with van der Waals surface area (Å²) in [6, 6.07) is 0. The van der Waals surface area contributed by atoms with Crippen LogP contribution in [0.5, 0.6) is 0 Å². The first-order chi connectivity index (χ1) is 11.0. The predicted molar refractivity (Wildman–Crippen MR) is 95.3 cm³/mol. The smallest absolute Gasteiger partial charge is 0.109 e. The Morgan fingerprint density at radius 1 is 1.12 bits per heavy atom. The van der Waals surface area contributed by atoms with E-state index < -0.39 is 17.8 Å². The maximum Gasteiger partial charge on any atom is 0.109 e. The number of aliphatic hydroxyl groups is 4. The summed E-state index contributed by atoms with van der Waals surface area (Å²) in [6.07, 6.45) is 6.45. The van der Waals surface area contributed by atoms with Crippen molar-refractivity contribution < 1.29 is 20.4 Å². The molecule has 0 aromatic carbocycles. The van der Waals surface area contributed by atoms with Crippen molar-refractivity contribution in [2.45, 2.75) is 71.7 Å². The van der Waals surface area contributed by atoms with Crippen LogP contribution in [0.15, 0.2) is 23.8 Å². The Kier molecular flexibility index (Phi) is 5.37. The van der Waals surface area contributed by atoms with E-state index in [1.807, 2.05) is 19.1 Å². The van der Waals surface area contributed by atoms with Crippen LogP contribution in [0.3, 0.4) is 0 Å². The number of hydrogen-bond donors (Lipinski definition) is 4. The van der Waals surface area contributed by atoms with Crippen molar-refractivity contribution in [3.63, 3.8) is 0 Å². The Hall–Kier alpha value is -0.680. The number of aliphatic hydroxyl groups excluding tert-OH is 3. The Morgan fingerprint density at radius 3 is 2.33 bits per heavy atom. The number of fused-ring (bicyclic) bond motifs is 1. The van der Waals surface area contributed by atoms with E-state index in [0.29, 0.717) is 0 Å². The van der Waals surface area contributed by atoms with Gasteiger partial charge in [0.15, 0.2) is 0 Å². The third kappa shape index (κ3) is 3.10. The van der Waals surface area contributed by atoms with Crippen LogP contribution in [-0.2, 0) is 0 Å². The van der Waals surface area contributed by atoms with Gasteiger partial charge in [-0.1, -0.05) is 51.0 Å². The molecule has 4 nitrogen and oxygen atoms in total. The molecule has 0 radical (unpaired) electrons. The second kappa shape index (κ2) is 6.56. The molecule has 4 N–H and O–H groups in total. The molecule has 0 saturated heterocycles. The Bertz CT molecular complexity index is 520. The quantitative estimate of drug-likeness (QED) is 0.596. The highest BCUT2D eigenvalue weighted by Gasteiger charge is 2.64. The Morgan fingerprint density at radius 2 is 1.75 bits per heavy atom. The van der Waals surface area contributed by atoms with Crippen LogP contribution >= 0.6 is 0 Å².